The van der Waals surface area contributed by atoms with Crippen LogP contribution >= 0.6 is 0 Å². The zero-order valence-electron chi connectivity index (χ0n) is 10.7. The number of carboxylic acids is 1. The third kappa shape index (κ3) is 4.97. The summed E-state index contributed by atoms with van der Waals surface area (Å²) in [6.45, 7) is 0. The van der Waals surface area contributed by atoms with Gasteiger partial charge in [-0.25, -0.2) is 9.78 Å². The van der Waals surface area contributed by atoms with Crippen molar-refractivity contribution in [2.75, 3.05) is 0 Å². The Labute approximate surface area is 118 Å². The fourth-order valence-corrected chi connectivity index (χ4v) is 1.41. The first kappa shape index (κ1) is 16.2. The van der Waals surface area contributed by atoms with Crippen LogP contribution in [0.4, 0.5) is 0 Å². The van der Waals surface area contributed by atoms with Gasteiger partial charge < -0.3 is 25.5 Å². The number of rotatable bonds is 8. The second-order valence-electron chi connectivity index (χ2n) is 3.96. The van der Waals surface area contributed by atoms with Crippen LogP contribution in [-0.2, 0) is 14.4 Å². The van der Waals surface area contributed by atoms with Gasteiger partial charge >= 0.3 is 12.2 Å². The number of nitrogens with one attached hydrogen (secondary N) is 1. The number of aliphatic carboxylic acids is 1. The van der Waals surface area contributed by atoms with Gasteiger partial charge in [0.25, 0.3) is 5.91 Å². The van der Waals surface area contributed by atoms with E-state index < -0.39 is 29.8 Å². The molecule has 0 aliphatic rings. The zero-order chi connectivity index (χ0) is 15.8. The lowest BCUT2D eigenvalue weighted by atomic mass is 10.1. The van der Waals surface area contributed by atoms with E-state index in [1.165, 1.54) is 0 Å². The minimum Gasteiger partial charge on any atom is -0.480 e. The number of amides is 1. The number of hydrogen-bond donors (Lipinski definition) is 3. The predicted octanol–water partition coefficient (Wildman–Crippen LogP) is -1.07. The van der Waals surface area contributed by atoms with E-state index in [4.69, 9.17) is 10.6 Å². The van der Waals surface area contributed by atoms with Crippen molar-refractivity contribution < 1.29 is 33.8 Å². The van der Waals surface area contributed by atoms with Crippen molar-refractivity contribution in [1.29, 1.82) is 0 Å². The van der Waals surface area contributed by atoms with Crippen LogP contribution in [0.5, 0.6) is 0 Å². The molecule has 2 atom stereocenters. The highest BCUT2D eigenvalue weighted by Gasteiger charge is 2.26. The topological polar surface area (TPSA) is 166 Å². The van der Waals surface area contributed by atoms with E-state index in [0.29, 0.717) is 6.21 Å². The van der Waals surface area contributed by atoms with Gasteiger partial charge in [0.1, 0.15) is 18.0 Å². The van der Waals surface area contributed by atoms with Gasteiger partial charge in [-0.2, -0.15) is 4.79 Å². The Bertz CT molecular complexity index is 563. The van der Waals surface area contributed by atoms with Gasteiger partial charge in [-0.05, 0) is 6.42 Å². The lowest BCUT2D eigenvalue weighted by molar-refractivity contribution is -0.143. The standard InChI is InChI=1S/C11H12N4O6/c12-14-3-6(16)1-2-7(11(19)20)15-10(18)9(17)8-4-21-5-13-8/h3-5,7,9,17H,1-2H2,(H,15,18)(H,19,20)/t7-,9-/m0/s1. The summed E-state index contributed by atoms with van der Waals surface area (Å²) in [6, 6.07) is -1.38. The third-order valence-corrected chi connectivity index (χ3v) is 2.48. The second kappa shape index (κ2) is 7.68. The van der Waals surface area contributed by atoms with E-state index in [1.807, 2.05) is 0 Å². The summed E-state index contributed by atoms with van der Waals surface area (Å²) >= 11 is 0. The van der Waals surface area contributed by atoms with E-state index in [-0.39, 0.29) is 18.5 Å². The Morgan fingerprint density at radius 1 is 1.52 bits per heavy atom. The van der Waals surface area contributed by atoms with Crippen molar-refractivity contribution in [2.24, 2.45) is 0 Å². The number of ketones is 1. The molecule has 10 heteroatoms. The molecule has 1 amide bonds. The van der Waals surface area contributed by atoms with Gasteiger partial charge in [-0.15, -0.1) is 0 Å². The number of Topliss-reactive ketones (excluding diaryl/α,β-unsaturated/α-hetero) is 1. The summed E-state index contributed by atoms with van der Waals surface area (Å²) in [5.41, 5.74) is 8.08. The molecule has 0 bridgehead atoms. The maximum absolute atomic E-state index is 11.7. The molecule has 0 saturated heterocycles. The maximum atomic E-state index is 11.7. The largest absolute Gasteiger partial charge is 0.480 e. The monoisotopic (exact) mass is 296 g/mol. The Morgan fingerprint density at radius 2 is 2.24 bits per heavy atom. The smallest absolute Gasteiger partial charge is 0.326 e. The summed E-state index contributed by atoms with van der Waals surface area (Å²) in [6.07, 6.45) is 0.527. The molecule has 0 spiro atoms. The van der Waals surface area contributed by atoms with Crippen LogP contribution in [0.1, 0.15) is 24.6 Å². The minimum absolute atomic E-state index is 0.0693. The first-order chi connectivity index (χ1) is 9.95. The number of nitrogens with zero attached hydrogens (tertiary/aromatic N) is 3. The Morgan fingerprint density at radius 3 is 2.76 bits per heavy atom. The highest BCUT2D eigenvalue weighted by Crippen LogP contribution is 2.10. The highest BCUT2D eigenvalue weighted by molar-refractivity contribution is 6.25. The number of carbonyl (C=O) groups excluding carboxylic acids is 2. The van der Waals surface area contributed by atoms with E-state index in [1.54, 1.807) is 0 Å². The molecule has 0 aliphatic carbocycles. The van der Waals surface area contributed by atoms with Crippen molar-refractivity contribution in [3.8, 4) is 0 Å². The molecule has 0 unspecified atom stereocenters. The lowest BCUT2D eigenvalue weighted by Crippen LogP contribution is -2.43. The lowest BCUT2D eigenvalue weighted by Gasteiger charge is -2.15. The summed E-state index contributed by atoms with van der Waals surface area (Å²) in [5, 5.41) is 20.6. The quantitative estimate of drug-likeness (QED) is 0.312. The SMILES string of the molecule is [N-]=[N+]=CC(=O)CC[C@H](NC(=O)[C@@H](O)c1cocn1)C(=O)O. The van der Waals surface area contributed by atoms with Crippen LogP contribution < -0.4 is 5.32 Å². The second-order valence-corrected chi connectivity index (χ2v) is 3.96. The molecular formula is C11H12N4O6. The molecule has 21 heavy (non-hydrogen) atoms. The van der Waals surface area contributed by atoms with Crippen molar-refractivity contribution in [3.05, 3.63) is 23.9 Å². The molecule has 0 radical (unpaired) electrons. The van der Waals surface area contributed by atoms with Crippen molar-refractivity contribution in [2.45, 2.75) is 25.0 Å². The van der Waals surface area contributed by atoms with Gasteiger partial charge in [0.2, 0.25) is 5.78 Å². The van der Waals surface area contributed by atoms with Crippen LogP contribution in [0.25, 0.3) is 5.53 Å². The Balaban J connectivity index is 2.61. The number of aromatic nitrogens is 1. The van der Waals surface area contributed by atoms with Crippen LogP contribution in [0.2, 0.25) is 0 Å². The fourth-order valence-electron chi connectivity index (χ4n) is 1.41. The molecule has 112 valence electrons. The van der Waals surface area contributed by atoms with Gasteiger partial charge in [-0.3, -0.25) is 9.59 Å². The molecule has 0 aromatic carbocycles. The number of oxazole rings is 1. The van der Waals surface area contributed by atoms with Gasteiger partial charge in [0, 0.05) is 6.42 Å². The van der Waals surface area contributed by atoms with Gasteiger partial charge in [0.15, 0.2) is 12.5 Å². The minimum atomic E-state index is -1.68. The molecule has 0 saturated carbocycles. The number of aliphatic hydroxyl groups excluding tert-OH is 1. The van der Waals surface area contributed by atoms with E-state index in [2.05, 4.69) is 19.5 Å². The molecular weight excluding hydrogens is 284 g/mol. The van der Waals surface area contributed by atoms with Crippen LogP contribution in [0, 0.1) is 0 Å². The van der Waals surface area contributed by atoms with Crippen molar-refractivity contribution in [1.82, 2.24) is 10.3 Å². The van der Waals surface area contributed by atoms with Crippen molar-refractivity contribution >= 4 is 23.9 Å². The van der Waals surface area contributed by atoms with Crippen LogP contribution in [0.15, 0.2) is 17.1 Å². The van der Waals surface area contributed by atoms with Crippen LogP contribution in [-0.4, -0.2) is 49.9 Å². The molecule has 1 heterocycles. The summed E-state index contributed by atoms with van der Waals surface area (Å²) in [4.78, 5) is 39.8. The fraction of sp³-hybridized carbons (Fsp3) is 0.364. The van der Waals surface area contributed by atoms with Gasteiger partial charge in [-0.1, -0.05) is 0 Å². The molecule has 1 aromatic rings. The summed E-state index contributed by atoms with van der Waals surface area (Å²) < 4.78 is 4.59. The number of hydrogen-bond acceptors (Lipinski definition) is 6. The average molecular weight is 296 g/mol. The van der Waals surface area contributed by atoms with E-state index in [9.17, 15) is 19.5 Å². The molecule has 0 aliphatic heterocycles. The first-order valence-electron chi connectivity index (χ1n) is 5.75. The molecule has 1 rings (SSSR count). The number of carbonyl (C=O) groups is 3. The summed E-state index contributed by atoms with van der Waals surface area (Å²) in [7, 11) is 0. The predicted molar refractivity (Wildman–Crippen MR) is 65.0 cm³/mol. The molecule has 10 nitrogen and oxygen atoms in total. The molecule has 1 aromatic heterocycles. The van der Waals surface area contributed by atoms with E-state index in [0.717, 1.165) is 12.7 Å². The van der Waals surface area contributed by atoms with Crippen molar-refractivity contribution in [3.63, 3.8) is 0 Å². The first-order valence-corrected chi connectivity index (χ1v) is 5.75. The zero-order valence-corrected chi connectivity index (χ0v) is 10.7. The third-order valence-electron chi connectivity index (χ3n) is 2.48. The Kier molecular flexibility index (Phi) is 5.93. The maximum Gasteiger partial charge on any atom is 0.326 e. The highest BCUT2D eigenvalue weighted by atomic mass is 16.4. The number of carboxylic acid groups (broad SMARTS) is 1. The van der Waals surface area contributed by atoms with E-state index >= 15 is 0 Å². The van der Waals surface area contributed by atoms with Crippen LogP contribution in [0.3, 0.4) is 0 Å². The Hall–Kier alpha value is -2.84. The normalized spacial score (nSPS) is 12.8. The number of aliphatic hydroxyl groups is 1. The molecule has 0 fully saturated rings. The van der Waals surface area contributed by atoms with Gasteiger partial charge in [0.05, 0.1) is 0 Å². The average Bonchev–Trinajstić information content (AvgIpc) is 2.96. The summed E-state index contributed by atoms with van der Waals surface area (Å²) in [5.74, 6) is -2.96. The molecule has 3 N–H and O–H groups in total.